The Bertz CT molecular complexity index is 460. The van der Waals surface area contributed by atoms with Crippen molar-refractivity contribution in [1.82, 2.24) is 5.32 Å². The Kier molecular flexibility index (Phi) is 6.88. The van der Waals surface area contributed by atoms with Crippen LogP contribution in [0.5, 0.6) is 0 Å². The molecule has 2 unspecified atom stereocenters. The van der Waals surface area contributed by atoms with E-state index < -0.39 is 5.97 Å². The molecule has 1 aromatic rings. The molecule has 2 atom stereocenters. The van der Waals surface area contributed by atoms with Gasteiger partial charge in [0.1, 0.15) is 0 Å². The number of carbonyl (C=O) groups excluding carboxylic acids is 1. The maximum Gasteiger partial charge on any atom is 0.303 e. The average Bonchev–Trinajstić information content (AvgIpc) is 2.44. The third-order valence-corrected chi connectivity index (χ3v) is 3.56. The first-order chi connectivity index (χ1) is 9.95. The van der Waals surface area contributed by atoms with Crippen LogP contribution in [-0.2, 0) is 9.59 Å². The van der Waals surface area contributed by atoms with Gasteiger partial charge in [-0.3, -0.25) is 9.59 Å². The topological polar surface area (TPSA) is 92.4 Å². The van der Waals surface area contributed by atoms with Crippen molar-refractivity contribution in [2.75, 3.05) is 6.54 Å². The van der Waals surface area contributed by atoms with Gasteiger partial charge in [-0.15, -0.1) is 0 Å². The van der Waals surface area contributed by atoms with Gasteiger partial charge in [-0.2, -0.15) is 0 Å². The Labute approximate surface area is 125 Å². The van der Waals surface area contributed by atoms with Crippen molar-refractivity contribution in [3.63, 3.8) is 0 Å². The summed E-state index contributed by atoms with van der Waals surface area (Å²) in [5, 5.41) is 11.8. The highest BCUT2D eigenvalue weighted by Crippen LogP contribution is 2.20. The Morgan fingerprint density at radius 2 is 1.86 bits per heavy atom. The molecule has 0 fully saturated rings. The Morgan fingerprint density at radius 1 is 1.24 bits per heavy atom. The van der Waals surface area contributed by atoms with Crippen molar-refractivity contribution >= 4 is 11.9 Å². The largest absolute Gasteiger partial charge is 0.481 e. The quantitative estimate of drug-likeness (QED) is 0.682. The highest BCUT2D eigenvalue weighted by atomic mass is 16.4. The molecule has 0 bridgehead atoms. The molecule has 0 aromatic heterocycles. The van der Waals surface area contributed by atoms with Crippen LogP contribution in [0.4, 0.5) is 0 Å². The maximum absolute atomic E-state index is 12.3. The highest BCUT2D eigenvalue weighted by Gasteiger charge is 2.24. The van der Waals surface area contributed by atoms with Crippen LogP contribution in [-0.4, -0.2) is 23.5 Å². The fraction of sp³-hybridized carbons (Fsp3) is 0.500. The van der Waals surface area contributed by atoms with E-state index in [2.05, 4.69) is 5.32 Å². The zero-order valence-electron chi connectivity index (χ0n) is 12.6. The first-order valence-corrected chi connectivity index (χ1v) is 7.22. The molecule has 21 heavy (non-hydrogen) atoms. The van der Waals surface area contributed by atoms with Gasteiger partial charge < -0.3 is 16.2 Å². The van der Waals surface area contributed by atoms with Crippen molar-refractivity contribution in [2.24, 2.45) is 17.6 Å². The Balaban J connectivity index is 2.82. The molecule has 0 aliphatic carbocycles. The number of hydrogen-bond donors (Lipinski definition) is 3. The molecular weight excluding hydrogens is 268 g/mol. The van der Waals surface area contributed by atoms with Crippen molar-refractivity contribution < 1.29 is 14.7 Å². The van der Waals surface area contributed by atoms with Crippen molar-refractivity contribution in [2.45, 2.75) is 32.7 Å². The van der Waals surface area contributed by atoms with Gasteiger partial charge in [-0.25, -0.2) is 0 Å². The summed E-state index contributed by atoms with van der Waals surface area (Å²) in [4.78, 5) is 23.1. The van der Waals surface area contributed by atoms with Crippen LogP contribution < -0.4 is 11.1 Å². The summed E-state index contributed by atoms with van der Waals surface area (Å²) in [7, 11) is 0. The van der Waals surface area contributed by atoms with E-state index in [0.717, 1.165) is 5.56 Å². The Hall–Kier alpha value is -1.88. The van der Waals surface area contributed by atoms with Crippen LogP contribution in [0, 0.1) is 11.8 Å². The van der Waals surface area contributed by atoms with Gasteiger partial charge in [-0.05, 0) is 17.9 Å². The fourth-order valence-electron chi connectivity index (χ4n) is 2.24. The standard InChI is InChI=1S/C16H24N2O3/c1-11(2)13(10-17)16(21)18-14(8-9-15(19)20)12-6-4-3-5-7-12/h3-7,11,13-14H,8-10,17H2,1-2H3,(H,18,21)(H,19,20). The van der Waals surface area contributed by atoms with Gasteiger partial charge in [0, 0.05) is 13.0 Å². The number of aliphatic carboxylic acids is 1. The van der Waals surface area contributed by atoms with Gasteiger partial charge in [0.25, 0.3) is 0 Å². The van der Waals surface area contributed by atoms with E-state index >= 15 is 0 Å². The summed E-state index contributed by atoms with van der Waals surface area (Å²) in [5.41, 5.74) is 6.57. The SMILES string of the molecule is CC(C)C(CN)C(=O)NC(CCC(=O)O)c1ccccc1. The van der Waals surface area contributed by atoms with E-state index in [-0.39, 0.29) is 36.8 Å². The summed E-state index contributed by atoms with van der Waals surface area (Å²) in [6, 6.07) is 9.11. The van der Waals surface area contributed by atoms with E-state index in [9.17, 15) is 9.59 Å². The second kappa shape index (κ2) is 8.42. The monoisotopic (exact) mass is 292 g/mol. The lowest BCUT2D eigenvalue weighted by atomic mass is 9.93. The lowest BCUT2D eigenvalue weighted by Gasteiger charge is -2.24. The molecule has 5 heteroatoms. The molecule has 1 rings (SSSR count). The molecule has 1 amide bonds. The molecule has 0 aliphatic heterocycles. The number of hydrogen-bond acceptors (Lipinski definition) is 3. The van der Waals surface area contributed by atoms with Crippen LogP contribution in [0.25, 0.3) is 0 Å². The van der Waals surface area contributed by atoms with Gasteiger partial charge in [0.2, 0.25) is 5.91 Å². The summed E-state index contributed by atoms with van der Waals surface area (Å²) in [5.74, 6) is -1.11. The molecule has 0 heterocycles. The molecular formula is C16H24N2O3. The molecule has 0 radical (unpaired) electrons. The van der Waals surface area contributed by atoms with Crippen molar-refractivity contribution in [3.05, 3.63) is 35.9 Å². The molecule has 0 saturated heterocycles. The third-order valence-electron chi connectivity index (χ3n) is 3.56. The van der Waals surface area contributed by atoms with Gasteiger partial charge in [0.15, 0.2) is 0 Å². The van der Waals surface area contributed by atoms with Gasteiger partial charge in [-0.1, -0.05) is 44.2 Å². The summed E-state index contributed by atoms with van der Waals surface area (Å²) < 4.78 is 0. The average molecular weight is 292 g/mol. The Morgan fingerprint density at radius 3 is 2.33 bits per heavy atom. The first kappa shape index (κ1) is 17.2. The number of rotatable bonds is 8. The minimum Gasteiger partial charge on any atom is -0.481 e. The van der Waals surface area contributed by atoms with Gasteiger partial charge in [0.05, 0.1) is 12.0 Å². The number of carbonyl (C=O) groups is 2. The van der Waals surface area contributed by atoms with E-state index in [1.807, 2.05) is 44.2 Å². The number of carboxylic acid groups (broad SMARTS) is 1. The smallest absolute Gasteiger partial charge is 0.303 e. The predicted octanol–water partition coefficient (Wildman–Crippen LogP) is 1.94. The third kappa shape index (κ3) is 5.55. The number of nitrogens with two attached hydrogens (primary N) is 1. The molecule has 4 N–H and O–H groups in total. The number of amides is 1. The highest BCUT2D eigenvalue weighted by molar-refractivity contribution is 5.79. The zero-order chi connectivity index (χ0) is 15.8. The van der Waals surface area contributed by atoms with Crippen LogP contribution in [0.15, 0.2) is 30.3 Å². The van der Waals surface area contributed by atoms with Gasteiger partial charge >= 0.3 is 5.97 Å². The second-order valence-corrected chi connectivity index (χ2v) is 5.49. The molecule has 1 aromatic carbocycles. The molecule has 0 saturated carbocycles. The number of benzene rings is 1. The van der Waals surface area contributed by atoms with E-state index in [1.54, 1.807) is 0 Å². The maximum atomic E-state index is 12.3. The second-order valence-electron chi connectivity index (χ2n) is 5.49. The van der Waals surface area contributed by atoms with Crippen LogP contribution >= 0.6 is 0 Å². The summed E-state index contributed by atoms with van der Waals surface area (Å²) in [6.45, 7) is 4.18. The molecule has 0 spiro atoms. The normalized spacial score (nSPS) is 13.7. The van der Waals surface area contributed by atoms with Crippen molar-refractivity contribution in [3.8, 4) is 0 Å². The van der Waals surface area contributed by atoms with E-state index in [1.165, 1.54) is 0 Å². The number of carboxylic acids is 1. The van der Waals surface area contributed by atoms with Crippen LogP contribution in [0.1, 0.15) is 38.3 Å². The lowest BCUT2D eigenvalue weighted by Crippen LogP contribution is -2.40. The number of nitrogens with one attached hydrogen (secondary N) is 1. The molecule has 5 nitrogen and oxygen atoms in total. The van der Waals surface area contributed by atoms with Crippen LogP contribution in [0.2, 0.25) is 0 Å². The zero-order valence-corrected chi connectivity index (χ0v) is 12.6. The van der Waals surface area contributed by atoms with E-state index in [4.69, 9.17) is 10.8 Å². The van der Waals surface area contributed by atoms with Crippen LogP contribution in [0.3, 0.4) is 0 Å². The summed E-state index contributed by atoms with van der Waals surface area (Å²) in [6.07, 6.45) is 0.370. The summed E-state index contributed by atoms with van der Waals surface area (Å²) >= 11 is 0. The first-order valence-electron chi connectivity index (χ1n) is 7.22. The minimum atomic E-state index is -0.871. The lowest BCUT2D eigenvalue weighted by molar-refractivity contribution is -0.137. The molecule has 116 valence electrons. The van der Waals surface area contributed by atoms with E-state index in [0.29, 0.717) is 6.42 Å². The van der Waals surface area contributed by atoms with Crippen molar-refractivity contribution in [1.29, 1.82) is 0 Å². The molecule has 0 aliphatic rings. The minimum absolute atomic E-state index is 0.00874. The fourth-order valence-corrected chi connectivity index (χ4v) is 2.24. The predicted molar refractivity (Wildman–Crippen MR) is 81.6 cm³/mol.